The quantitative estimate of drug-likeness (QED) is 0.688. The van der Waals surface area contributed by atoms with Gasteiger partial charge in [-0.2, -0.15) is 13.2 Å². The highest BCUT2D eigenvalue weighted by Gasteiger charge is 2.42. The van der Waals surface area contributed by atoms with Crippen molar-refractivity contribution in [3.8, 4) is 11.5 Å². The van der Waals surface area contributed by atoms with Crippen LogP contribution in [0.4, 0.5) is 22.4 Å². The summed E-state index contributed by atoms with van der Waals surface area (Å²) in [6.07, 6.45) is -6.69. The summed E-state index contributed by atoms with van der Waals surface area (Å²) in [4.78, 5) is 23.2. The average molecular weight is 423 g/mol. The largest absolute Gasteiger partial charge is 0.457 e. The fraction of sp³-hybridized carbons (Fsp3) is 0.333. The molecule has 0 unspecified atom stereocenters. The molecule has 2 aliphatic rings. The van der Waals surface area contributed by atoms with Crippen LogP contribution in [0.5, 0.6) is 11.5 Å². The molecule has 3 atom stereocenters. The first-order valence-corrected chi connectivity index (χ1v) is 9.31. The smallest absolute Gasteiger partial charge is 0.416 e. The Kier molecular flexibility index (Phi) is 4.91. The van der Waals surface area contributed by atoms with Crippen molar-refractivity contribution < 1.29 is 36.6 Å². The molecule has 2 amide bonds. The molecule has 5 nitrogen and oxygen atoms in total. The zero-order chi connectivity index (χ0) is 21.6. The lowest BCUT2D eigenvalue weighted by Crippen LogP contribution is -2.28. The van der Waals surface area contributed by atoms with Gasteiger partial charge in [0.2, 0.25) is 0 Å². The van der Waals surface area contributed by atoms with E-state index in [1.54, 1.807) is 18.2 Å². The Bertz CT molecular complexity index is 1020. The van der Waals surface area contributed by atoms with Crippen molar-refractivity contribution >= 4 is 12.0 Å². The van der Waals surface area contributed by atoms with Crippen LogP contribution in [0.3, 0.4) is 0 Å². The number of imide groups is 1. The molecule has 0 spiro atoms. The molecular formula is C21H17F4NO4. The molecule has 4 rings (SSSR count). The summed E-state index contributed by atoms with van der Waals surface area (Å²) in [5.41, 5.74) is 0.562. The van der Waals surface area contributed by atoms with E-state index in [0.717, 1.165) is 36.2 Å². The third-order valence-electron chi connectivity index (χ3n) is 5.32. The molecule has 0 saturated carbocycles. The van der Waals surface area contributed by atoms with E-state index in [1.165, 1.54) is 0 Å². The van der Waals surface area contributed by atoms with Crippen LogP contribution in [-0.4, -0.2) is 18.1 Å². The van der Waals surface area contributed by atoms with Gasteiger partial charge in [-0.25, -0.2) is 9.18 Å². The van der Waals surface area contributed by atoms with Crippen molar-refractivity contribution in [1.29, 1.82) is 0 Å². The SMILES string of the molecule is C[C@H](F)c1cc(C(F)(F)F)ccc1Oc1ccc2c(c1)CC[C@H]2[C@@H]1OC(=O)NC1=O. The van der Waals surface area contributed by atoms with Crippen LogP contribution in [0.15, 0.2) is 36.4 Å². The monoisotopic (exact) mass is 423 g/mol. The number of cyclic esters (lactones) is 1. The molecule has 1 N–H and O–H groups in total. The number of benzene rings is 2. The first kappa shape index (κ1) is 20.2. The maximum atomic E-state index is 14.0. The fourth-order valence-corrected chi connectivity index (χ4v) is 3.90. The molecule has 2 aromatic rings. The zero-order valence-electron chi connectivity index (χ0n) is 15.8. The molecule has 1 aliphatic heterocycles. The van der Waals surface area contributed by atoms with E-state index in [0.29, 0.717) is 18.6 Å². The Labute approximate surface area is 169 Å². The number of halogens is 4. The summed E-state index contributed by atoms with van der Waals surface area (Å²) in [5, 5.41) is 2.11. The van der Waals surface area contributed by atoms with Crippen LogP contribution in [0.2, 0.25) is 0 Å². The second kappa shape index (κ2) is 7.30. The van der Waals surface area contributed by atoms with Crippen LogP contribution in [-0.2, 0) is 22.1 Å². The maximum absolute atomic E-state index is 14.0. The zero-order valence-corrected chi connectivity index (χ0v) is 15.8. The van der Waals surface area contributed by atoms with Gasteiger partial charge < -0.3 is 9.47 Å². The van der Waals surface area contributed by atoms with Crippen molar-refractivity contribution in [3.63, 3.8) is 0 Å². The van der Waals surface area contributed by atoms with Gasteiger partial charge in [-0.3, -0.25) is 10.1 Å². The van der Waals surface area contributed by atoms with Crippen molar-refractivity contribution in [2.24, 2.45) is 0 Å². The van der Waals surface area contributed by atoms with Gasteiger partial charge in [-0.15, -0.1) is 0 Å². The molecule has 9 heteroatoms. The number of carbonyl (C=O) groups is 2. The van der Waals surface area contributed by atoms with Gasteiger partial charge in [-0.05, 0) is 61.2 Å². The molecule has 1 aliphatic carbocycles. The van der Waals surface area contributed by atoms with Crippen molar-refractivity contribution in [3.05, 3.63) is 58.7 Å². The van der Waals surface area contributed by atoms with E-state index in [1.807, 2.05) is 0 Å². The first-order valence-electron chi connectivity index (χ1n) is 9.31. The van der Waals surface area contributed by atoms with E-state index in [2.05, 4.69) is 5.32 Å². The van der Waals surface area contributed by atoms with Crippen molar-refractivity contribution in [1.82, 2.24) is 5.32 Å². The Morgan fingerprint density at radius 3 is 2.57 bits per heavy atom. The van der Waals surface area contributed by atoms with Crippen molar-refractivity contribution in [2.75, 3.05) is 0 Å². The Morgan fingerprint density at radius 1 is 1.17 bits per heavy atom. The highest BCUT2D eigenvalue weighted by atomic mass is 19.4. The summed E-state index contributed by atoms with van der Waals surface area (Å²) in [7, 11) is 0. The standard InChI is InChI=1S/C21H17F4NO4/c1-10(22)16-9-12(21(23,24)25)3-7-17(16)29-13-4-6-14-11(8-13)2-5-15(14)18-19(27)26-20(28)30-18/h3-4,6-10,15,18H,2,5H2,1H3,(H,26,27,28)/t10-,15+,18-/m0/s1. The van der Waals surface area contributed by atoms with E-state index in [9.17, 15) is 27.2 Å². The van der Waals surface area contributed by atoms with E-state index in [-0.39, 0.29) is 17.2 Å². The van der Waals surface area contributed by atoms with Crippen LogP contribution in [0.1, 0.15) is 47.7 Å². The lowest BCUT2D eigenvalue weighted by Gasteiger charge is -2.17. The summed E-state index contributed by atoms with van der Waals surface area (Å²) in [6.45, 7) is 1.14. The topological polar surface area (TPSA) is 64.6 Å². The predicted molar refractivity (Wildman–Crippen MR) is 97.0 cm³/mol. The number of carbonyl (C=O) groups excluding carboxylic acids is 2. The molecular weight excluding hydrogens is 406 g/mol. The third kappa shape index (κ3) is 3.71. The summed E-state index contributed by atoms with van der Waals surface area (Å²) in [6, 6.07) is 7.72. The van der Waals surface area contributed by atoms with E-state index < -0.39 is 36.0 Å². The van der Waals surface area contributed by atoms with Gasteiger partial charge in [-0.1, -0.05) is 6.07 Å². The van der Waals surface area contributed by atoms with E-state index >= 15 is 0 Å². The number of amides is 2. The number of hydrogen-bond donors (Lipinski definition) is 1. The fourth-order valence-electron chi connectivity index (χ4n) is 3.90. The van der Waals surface area contributed by atoms with Gasteiger partial charge in [0, 0.05) is 11.5 Å². The number of alkyl carbamates (subject to hydrolysis) is 1. The molecule has 0 radical (unpaired) electrons. The third-order valence-corrected chi connectivity index (χ3v) is 5.32. The number of aryl methyl sites for hydroxylation is 1. The van der Waals surface area contributed by atoms with Crippen LogP contribution < -0.4 is 10.1 Å². The molecule has 0 bridgehead atoms. The maximum Gasteiger partial charge on any atom is 0.416 e. The number of fused-ring (bicyclic) bond motifs is 1. The van der Waals surface area contributed by atoms with Gasteiger partial charge in [0.05, 0.1) is 5.56 Å². The average Bonchev–Trinajstić information content (AvgIpc) is 3.22. The molecule has 1 fully saturated rings. The Balaban J connectivity index is 1.59. The first-order chi connectivity index (χ1) is 14.1. The second-order valence-electron chi connectivity index (χ2n) is 7.29. The summed E-state index contributed by atoms with van der Waals surface area (Å²) in [5.74, 6) is -0.432. The highest BCUT2D eigenvalue weighted by Crippen LogP contribution is 2.41. The van der Waals surface area contributed by atoms with Crippen LogP contribution in [0, 0.1) is 0 Å². The van der Waals surface area contributed by atoms with Crippen molar-refractivity contribution in [2.45, 2.75) is 44.1 Å². The summed E-state index contributed by atoms with van der Waals surface area (Å²) < 4.78 is 63.5. The van der Waals surface area contributed by atoms with E-state index in [4.69, 9.17) is 9.47 Å². The van der Waals surface area contributed by atoms with Gasteiger partial charge >= 0.3 is 12.3 Å². The normalized spacial score (nSPS) is 21.8. The number of alkyl halides is 4. The minimum absolute atomic E-state index is 0.00315. The molecule has 1 saturated heterocycles. The van der Waals surface area contributed by atoms with Gasteiger partial charge in [0.1, 0.15) is 17.7 Å². The molecule has 1 heterocycles. The molecule has 2 aromatic carbocycles. The van der Waals surface area contributed by atoms with Gasteiger partial charge in [0.15, 0.2) is 6.10 Å². The number of hydrogen-bond acceptors (Lipinski definition) is 4. The Hall–Kier alpha value is -3.10. The lowest BCUT2D eigenvalue weighted by molar-refractivity contribution is -0.137. The minimum atomic E-state index is -4.58. The second-order valence-corrected chi connectivity index (χ2v) is 7.29. The highest BCUT2D eigenvalue weighted by molar-refractivity contribution is 6.00. The molecule has 30 heavy (non-hydrogen) atoms. The minimum Gasteiger partial charge on any atom is -0.457 e. The molecule has 158 valence electrons. The summed E-state index contributed by atoms with van der Waals surface area (Å²) >= 11 is 0. The Morgan fingerprint density at radius 2 is 1.93 bits per heavy atom. The lowest BCUT2D eigenvalue weighted by atomic mass is 9.95. The van der Waals surface area contributed by atoms with Crippen LogP contribution in [0.25, 0.3) is 0 Å². The number of ether oxygens (including phenoxy) is 2. The number of nitrogens with one attached hydrogen (secondary N) is 1. The predicted octanol–water partition coefficient (Wildman–Crippen LogP) is 5.19. The van der Waals surface area contributed by atoms with Crippen LogP contribution >= 0.6 is 0 Å². The van der Waals surface area contributed by atoms with Gasteiger partial charge in [0.25, 0.3) is 5.91 Å². The number of rotatable bonds is 4. The molecule has 0 aromatic heterocycles.